The monoisotopic (exact) mass is 307 g/mol. The second-order valence-electron chi connectivity index (χ2n) is 5.42. The quantitative estimate of drug-likeness (QED) is 0.929. The second-order valence-corrected chi connectivity index (χ2v) is 7.61. The molecule has 20 heavy (non-hydrogen) atoms. The minimum atomic E-state index is -4.40. The zero-order valence-corrected chi connectivity index (χ0v) is 11.6. The van der Waals surface area contributed by atoms with Crippen molar-refractivity contribution in [3.8, 4) is 0 Å². The fraction of sp³-hybridized carbons (Fsp3) is 0.538. The molecule has 0 radical (unpaired) electrons. The first-order valence-electron chi connectivity index (χ1n) is 6.23. The number of hydrogen-bond donors (Lipinski definition) is 1. The number of rotatable bonds is 3. The van der Waals surface area contributed by atoms with E-state index in [4.69, 9.17) is 5.73 Å². The van der Waals surface area contributed by atoms with Crippen molar-refractivity contribution in [2.75, 3.05) is 18.1 Å². The lowest BCUT2D eigenvalue weighted by Crippen LogP contribution is -2.34. The fourth-order valence-corrected chi connectivity index (χ4v) is 4.83. The summed E-state index contributed by atoms with van der Waals surface area (Å²) in [5, 5.41) is 0. The Labute approximate surface area is 115 Å². The maximum absolute atomic E-state index is 12.7. The summed E-state index contributed by atoms with van der Waals surface area (Å²) in [4.78, 5) is 0. The third kappa shape index (κ3) is 3.32. The highest BCUT2D eigenvalue weighted by Crippen LogP contribution is 2.36. The van der Waals surface area contributed by atoms with Crippen LogP contribution in [0.2, 0.25) is 0 Å². The molecule has 1 aliphatic rings. The van der Waals surface area contributed by atoms with Gasteiger partial charge < -0.3 is 5.73 Å². The molecule has 1 saturated heterocycles. The van der Waals surface area contributed by atoms with Gasteiger partial charge in [-0.15, -0.1) is 0 Å². The normalized spacial score (nSPS) is 25.8. The van der Waals surface area contributed by atoms with Crippen molar-refractivity contribution < 1.29 is 21.6 Å². The van der Waals surface area contributed by atoms with E-state index >= 15 is 0 Å². The maximum atomic E-state index is 12.7. The molecule has 1 aromatic rings. The minimum absolute atomic E-state index is 0.0489. The van der Waals surface area contributed by atoms with E-state index in [0.29, 0.717) is 12.0 Å². The van der Waals surface area contributed by atoms with Crippen LogP contribution < -0.4 is 5.73 Å². The molecule has 1 aliphatic heterocycles. The molecule has 1 aromatic carbocycles. The van der Waals surface area contributed by atoms with Gasteiger partial charge in [-0.3, -0.25) is 0 Å². The summed E-state index contributed by atoms with van der Waals surface area (Å²) in [6.07, 6.45) is -3.73. The van der Waals surface area contributed by atoms with E-state index in [1.165, 1.54) is 6.07 Å². The van der Waals surface area contributed by atoms with Gasteiger partial charge in [0.15, 0.2) is 9.84 Å². The van der Waals surface area contributed by atoms with Gasteiger partial charge in [-0.2, -0.15) is 13.2 Å². The number of benzene rings is 1. The predicted octanol–water partition coefficient (Wildman–Crippen LogP) is 2.01. The Morgan fingerprint density at radius 2 is 2.00 bits per heavy atom. The van der Waals surface area contributed by atoms with Crippen molar-refractivity contribution in [1.29, 1.82) is 0 Å². The molecule has 2 N–H and O–H groups in total. The molecule has 0 aliphatic carbocycles. The van der Waals surface area contributed by atoms with Gasteiger partial charge in [-0.1, -0.05) is 18.2 Å². The lowest BCUT2D eigenvalue weighted by atomic mass is 9.81. The van der Waals surface area contributed by atoms with Crippen LogP contribution in [0.15, 0.2) is 24.3 Å². The van der Waals surface area contributed by atoms with Crippen LogP contribution in [0.3, 0.4) is 0 Å². The summed E-state index contributed by atoms with van der Waals surface area (Å²) >= 11 is 0. The van der Waals surface area contributed by atoms with E-state index in [0.717, 1.165) is 12.1 Å². The number of hydrogen-bond acceptors (Lipinski definition) is 3. The zero-order valence-electron chi connectivity index (χ0n) is 10.8. The molecule has 1 atom stereocenters. The van der Waals surface area contributed by atoms with Gasteiger partial charge in [-0.05, 0) is 31.0 Å². The van der Waals surface area contributed by atoms with E-state index in [9.17, 15) is 21.6 Å². The summed E-state index contributed by atoms with van der Waals surface area (Å²) in [6.45, 7) is 0.155. The van der Waals surface area contributed by atoms with Crippen molar-refractivity contribution in [2.24, 2.45) is 11.1 Å². The van der Waals surface area contributed by atoms with Crippen molar-refractivity contribution >= 4 is 9.84 Å². The molecule has 3 nitrogen and oxygen atoms in total. The zero-order chi connectivity index (χ0) is 15.0. The molecular formula is C13H16F3NO2S. The summed E-state index contributed by atoms with van der Waals surface area (Å²) in [5.41, 5.74) is 4.79. The van der Waals surface area contributed by atoms with Crippen LogP contribution in [0.4, 0.5) is 13.2 Å². The van der Waals surface area contributed by atoms with E-state index in [1.54, 1.807) is 6.07 Å². The van der Waals surface area contributed by atoms with Crippen LogP contribution in [0.25, 0.3) is 0 Å². The molecule has 1 heterocycles. The van der Waals surface area contributed by atoms with Gasteiger partial charge in [0.05, 0.1) is 17.1 Å². The molecule has 0 aromatic heterocycles. The first-order valence-corrected chi connectivity index (χ1v) is 8.05. The third-order valence-electron chi connectivity index (χ3n) is 3.74. The van der Waals surface area contributed by atoms with Crippen molar-refractivity contribution in [3.63, 3.8) is 0 Å². The maximum Gasteiger partial charge on any atom is 0.416 e. The predicted molar refractivity (Wildman–Crippen MR) is 69.9 cm³/mol. The SMILES string of the molecule is NCC1(Cc2cccc(C(F)(F)F)c2)CCS(=O)(=O)C1. The molecule has 112 valence electrons. The van der Waals surface area contributed by atoms with E-state index in [2.05, 4.69) is 0 Å². The Morgan fingerprint density at radius 3 is 2.50 bits per heavy atom. The molecular weight excluding hydrogens is 291 g/mol. The number of nitrogens with two attached hydrogens (primary N) is 1. The van der Waals surface area contributed by atoms with Gasteiger partial charge in [0.1, 0.15) is 0 Å². The average Bonchev–Trinajstić information content (AvgIpc) is 2.65. The Bertz CT molecular complexity index is 598. The van der Waals surface area contributed by atoms with Gasteiger partial charge >= 0.3 is 6.18 Å². The Morgan fingerprint density at radius 1 is 1.30 bits per heavy atom. The summed E-state index contributed by atoms with van der Waals surface area (Å²) in [7, 11) is -3.13. The highest BCUT2D eigenvalue weighted by molar-refractivity contribution is 7.91. The topological polar surface area (TPSA) is 60.2 Å². The van der Waals surface area contributed by atoms with Crippen LogP contribution in [0, 0.1) is 5.41 Å². The molecule has 0 saturated carbocycles. The Balaban J connectivity index is 2.25. The number of alkyl halides is 3. The van der Waals surface area contributed by atoms with Gasteiger partial charge in [0.2, 0.25) is 0 Å². The molecule has 1 unspecified atom stereocenters. The van der Waals surface area contributed by atoms with E-state index in [1.807, 2.05) is 0 Å². The summed E-state index contributed by atoms with van der Waals surface area (Å²) in [6, 6.07) is 5.00. The average molecular weight is 307 g/mol. The third-order valence-corrected chi connectivity index (χ3v) is 5.61. The molecule has 7 heteroatoms. The molecule has 1 fully saturated rings. The van der Waals surface area contributed by atoms with Crippen LogP contribution in [0.1, 0.15) is 17.5 Å². The highest BCUT2D eigenvalue weighted by Gasteiger charge is 2.41. The summed E-state index contributed by atoms with van der Waals surface area (Å²) < 4.78 is 61.2. The smallest absolute Gasteiger partial charge is 0.330 e. The Kier molecular flexibility index (Phi) is 3.85. The molecule has 2 rings (SSSR count). The van der Waals surface area contributed by atoms with E-state index < -0.39 is 27.0 Å². The van der Waals surface area contributed by atoms with Crippen molar-refractivity contribution in [2.45, 2.75) is 19.0 Å². The number of halogens is 3. The summed E-state index contributed by atoms with van der Waals surface area (Å²) in [5.74, 6) is 0.00983. The molecule has 0 amide bonds. The highest BCUT2D eigenvalue weighted by atomic mass is 32.2. The van der Waals surface area contributed by atoms with Crippen LogP contribution in [0.5, 0.6) is 0 Å². The second kappa shape index (κ2) is 5.04. The minimum Gasteiger partial charge on any atom is -0.330 e. The van der Waals surface area contributed by atoms with Crippen LogP contribution >= 0.6 is 0 Å². The van der Waals surface area contributed by atoms with Crippen molar-refractivity contribution in [1.82, 2.24) is 0 Å². The molecule has 0 bridgehead atoms. The van der Waals surface area contributed by atoms with Gasteiger partial charge in [0.25, 0.3) is 0 Å². The van der Waals surface area contributed by atoms with Crippen LogP contribution in [-0.2, 0) is 22.4 Å². The van der Waals surface area contributed by atoms with Crippen LogP contribution in [-0.4, -0.2) is 26.5 Å². The first kappa shape index (κ1) is 15.3. The first-order chi connectivity index (χ1) is 9.16. The van der Waals surface area contributed by atoms with Crippen molar-refractivity contribution in [3.05, 3.63) is 35.4 Å². The largest absolute Gasteiger partial charge is 0.416 e. The lowest BCUT2D eigenvalue weighted by molar-refractivity contribution is -0.137. The van der Waals surface area contributed by atoms with Gasteiger partial charge in [0, 0.05) is 5.41 Å². The molecule has 0 spiro atoms. The fourth-order valence-electron chi connectivity index (χ4n) is 2.65. The van der Waals surface area contributed by atoms with E-state index in [-0.39, 0.29) is 24.5 Å². The standard InChI is InChI=1S/C13H16F3NO2S/c14-13(15,16)11-3-1-2-10(6-11)7-12(8-17)4-5-20(18,19)9-12/h1-3,6H,4-5,7-9,17H2. The lowest BCUT2D eigenvalue weighted by Gasteiger charge is -2.26. The Hall–Kier alpha value is -1.08. The van der Waals surface area contributed by atoms with Gasteiger partial charge in [-0.25, -0.2) is 8.42 Å². The number of sulfone groups is 1.